The van der Waals surface area contributed by atoms with E-state index in [1.165, 1.54) is 4.90 Å². The predicted octanol–water partition coefficient (Wildman–Crippen LogP) is 4.03. The van der Waals surface area contributed by atoms with Gasteiger partial charge in [0.1, 0.15) is 0 Å². The van der Waals surface area contributed by atoms with Gasteiger partial charge in [-0.1, -0.05) is 24.3 Å². The Labute approximate surface area is 232 Å². The molecule has 1 saturated heterocycles. The van der Waals surface area contributed by atoms with Crippen molar-refractivity contribution >= 4 is 44.3 Å². The lowest BCUT2D eigenvalue weighted by Gasteiger charge is -2.27. The molecule has 3 heterocycles. The minimum atomic E-state index is -3.15. The van der Waals surface area contributed by atoms with Crippen molar-refractivity contribution in [3.8, 4) is 11.5 Å². The van der Waals surface area contributed by atoms with Gasteiger partial charge in [0.2, 0.25) is 6.79 Å². The maximum atomic E-state index is 13.6. The number of amides is 1. The molecule has 10 heteroatoms. The fourth-order valence-electron chi connectivity index (χ4n) is 5.85. The van der Waals surface area contributed by atoms with Crippen molar-refractivity contribution in [3.05, 3.63) is 64.8 Å². The summed E-state index contributed by atoms with van der Waals surface area (Å²) in [4.78, 5) is 33.1. The van der Waals surface area contributed by atoms with Crippen molar-refractivity contribution in [1.82, 2.24) is 9.88 Å². The number of allylic oxidation sites excluding steroid dienone is 1. The summed E-state index contributed by atoms with van der Waals surface area (Å²) in [5, 5.41) is 0.678. The van der Waals surface area contributed by atoms with Gasteiger partial charge in [-0.3, -0.25) is 4.79 Å². The maximum Gasteiger partial charge on any atom is 0.339 e. The molecule has 1 aromatic heterocycles. The summed E-state index contributed by atoms with van der Waals surface area (Å²) in [7, 11) is -3.15. The van der Waals surface area contributed by atoms with Crippen LogP contribution in [0.2, 0.25) is 0 Å². The minimum Gasteiger partial charge on any atom is -0.454 e. The van der Waals surface area contributed by atoms with Crippen LogP contribution in [0, 0.1) is 0 Å². The number of rotatable bonds is 6. The molecule has 6 rings (SSSR count). The van der Waals surface area contributed by atoms with Gasteiger partial charge in [-0.25, -0.2) is 18.2 Å². The Bertz CT molecular complexity index is 1650. The second-order valence-electron chi connectivity index (χ2n) is 10.3. The summed E-state index contributed by atoms with van der Waals surface area (Å²) in [5.74, 6) is 0.449. The third-order valence-electron chi connectivity index (χ3n) is 7.75. The average molecular weight is 563 g/mol. The van der Waals surface area contributed by atoms with E-state index in [2.05, 4.69) is 6.08 Å². The number of hydrogen-bond donors (Lipinski definition) is 0. The second kappa shape index (κ2) is 10.6. The molecule has 0 bridgehead atoms. The lowest BCUT2D eigenvalue weighted by Crippen LogP contribution is -2.43. The Morgan fingerprint density at radius 1 is 1.12 bits per heavy atom. The summed E-state index contributed by atoms with van der Waals surface area (Å²) < 4.78 is 40.4. The highest BCUT2D eigenvalue weighted by Gasteiger charge is 2.34. The number of benzene rings is 2. The van der Waals surface area contributed by atoms with Crippen LogP contribution in [-0.2, 0) is 25.8 Å². The lowest BCUT2D eigenvalue weighted by molar-refractivity contribution is -0.136. The van der Waals surface area contributed by atoms with Gasteiger partial charge in [0, 0.05) is 18.0 Å². The van der Waals surface area contributed by atoms with E-state index in [4.69, 9.17) is 19.2 Å². The summed E-state index contributed by atoms with van der Waals surface area (Å²) in [6.07, 6.45) is 4.76. The number of nitrogens with zero attached hydrogens (tertiary/aromatic N) is 2. The van der Waals surface area contributed by atoms with Crippen LogP contribution in [0.15, 0.2) is 42.5 Å². The summed E-state index contributed by atoms with van der Waals surface area (Å²) in [6, 6.07) is 12.8. The highest BCUT2D eigenvalue weighted by Crippen LogP contribution is 2.38. The van der Waals surface area contributed by atoms with E-state index < -0.39 is 28.3 Å². The molecule has 40 heavy (non-hydrogen) atoms. The van der Waals surface area contributed by atoms with Crippen LogP contribution >= 0.6 is 0 Å². The molecular formula is C30H30N2O7S. The molecule has 0 spiro atoms. The number of carbonyl (C=O) groups excluding carboxylic acids is 2. The first-order chi connectivity index (χ1) is 19.3. The molecule has 1 aliphatic carbocycles. The predicted molar refractivity (Wildman–Crippen MR) is 150 cm³/mol. The number of esters is 1. The molecule has 2 aromatic carbocycles. The van der Waals surface area contributed by atoms with Crippen LogP contribution in [0.25, 0.3) is 22.6 Å². The maximum absolute atomic E-state index is 13.6. The zero-order chi connectivity index (χ0) is 27.9. The molecule has 208 valence electrons. The van der Waals surface area contributed by atoms with Gasteiger partial charge in [0.25, 0.3) is 5.91 Å². The standard InChI is InChI=1S/C30H30N2O7S/c1-2-32(21-12-13-40(35,36)17-21)27(33)16-37-30(34)28-22-7-3-4-9-24(22)31-29-20(6-5-8-23(28)29)14-19-10-11-25-26(15-19)39-18-38-25/h3-4,7,9-11,14-15,21H,2,5-6,8,12-13,16-18H2,1H3. The second-order valence-corrected chi connectivity index (χ2v) is 12.5. The normalized spacial score (nSPS) is 19.9. The molecule has 1 atom stereocenters. The molecule has 0 saturated carbocycles. The monoisotopic (exact) mass is 562 g/mol. The third kappa shape index (κ3) is 5.03. The Kier molecular flexibility index (Phi) is 6.95. The van der Waals surface area contributed by atoms with E-state index in [0.717, 1.165) is 35.2 Å². The summed E-state index contributed by atoms with van der Waals surface area (Å²) in [5.41, 5.74) is 4.62. The van der Waals surface area contributed by atoms with Gasteiger partial charge in [-0.15, -0.1) is 0 Å². The molecule has 1 amide bonds. The van der Waals surface area contributed by atoms with Crippen LogP contribution in [-0.4, -0.2) is 67.7 Å². The number of aromatic nitrogens is 1. The van der Waals surface area contributed by atoms with Crippen molar-refractivity contribution in [2.45, 2.75) is 38.6 Å². The van der Waals surface area contributed by atoms with E-state index in [1.54, 1.807) is 6.92 Å². The zero-order valence-electron chi connectivity index (χ0n) is 22.2. The molecule has 2 aliphatic heterocycles. The number of hydrogen-bond acceptors (Lipinski definition) is 8. The van der Waals surface area contributed by atoms with Gasteiger partial charge in [-0.2, -0.15) is 0 Å². The van der Waals surface area contributed by atoms with Crippen LogP contribution in [0.4, 0.5) is 0 Å². The minimum absolute atomic E-state index is 0.0541. The largest absolute Gasteiger partial charge is 0.454 e. The quantitative estimate of drug-likeness (QED) is 0.414. The fraction of sp³-hybridized carbons (Fsp3) is 0.367. The van der Waals surface area contributed by atoms with Gasteiger partial charge in [-0.05, 0) is 73.6 Å². The van der Waals surface area contributed by atoms with E-state index in [-0.39, 0.29) is 24.3 Å². The SMILES string of the molecule is CCN(C(=O)COC(=O)c1c2c(nc3ccccc13)C(=Cc1ccc3c(c1)OCO3)CCC2)C1CCS(=O)(=O)C1. The van der Waals surface area contributed by atoms with Gasteiger partial charge < -0.3 is 19.1 Å². The van der Waals surface area contributed by atoms with E-state index in [1.807, 2.05) is 42.5 Å². The first kappa shape index (κ1) is 26.3. The number of pyridine rings is 1. The average Bonchev–Trinajstić information content (AvgIpc) is 3.56. The fourth-order valence-corrected chi connectivity index (χ4v) is 7.58. The van der Waals surface area contributed by atoms with Crippen LogP contribution in [0.5, 0.6) is 11.5 Å². The van der Waals surface area contributed by atoms with Crippen LogP contribution < -0.4 is 9.47 Å². The topological polar surface area (TPSA) is 112 Å². The van der Waals surface area contributed by atoms with E-state index in [9.17, 15) is 18.0 Å². The Morgan fingerprint density at radius 2 is 1.95 bits per heavy atom. The Hall–Kier alpha value is -3.92. The number of sulfone groups is 1. The highest BCUT2D eigenvalue weighted by molar-refractivity contribution is 7.91. The number of fused-ring (bicyclic) bond motifs is 3. The van der Waals surface area contributed by atoms with E-state index in [0.29, 0.717) is 47.4 Å². The molecule has 3 aromatic rings. The summed E-state index contributed by atoms with van der Waals surface area (Å²) >= 11 is 0. The van der Waals surface area contributed by atoms with Crippen molar-refractivity contribution in [1.29, 1.82) is 0 Å². The molecular weight excluding hydrogens is 532 g/mol. The van der Waals surface area contributed by atoms with Gasteiger partial charge >= 0.3 is 5.97 Å². The van der Waals surface area contributed by atoms with Crippen molar-refractivity contribution in [2.24, 2.45) is 0 Å². The number of carbonyl (C=O) groups is 2. The lowest BCUT2D eigenvalue weighted by atomic mass is 9.86. The smallest absolute Gasteiger partial charge is 0.339 e. The van der Waals surface area contributed by atoms with Crippen LogP contribution in [0.1, 0.15) is 53.4 Å². The zero-order valence-corrected chi connectivity index (χ0v) is 23.0. The number of para-hydroxylation sites is 1. The first-order valence-electron chi connectivity index (χ1n) is 13.5. The molecule has 1 unspecified atom stereocenters. The first-order valence-corrected chi connectivity index (χ1v) is 15.3. The van der Waals surface area contributed by atoms with Gasteiger partial charge in [0.15, 0.2) is 27.9 Å². The number of ether oxygens (including phenoxy) is 3. The molecule has 3 aliphatic rings. The molecule has 0 radical (unpaired) electrons. The van der Waals surface area contributed by atoms with Crippen molar-refractivity contribution < 1.29 is 32.2 Å². The Morgan fingerprint density at radius 3 is 2.75 bits per heavy atom. The highest BCUT2D eigenvalue weighted by atomic mass is 32.2. The van der Waals surface area contributed by atoms with Crippen LogP contribution in [0.3, 0.4) is 0 Å². The summed E-state index contributed by atoms with van der Waals surface area (Å²) in [6.45, 7) is 1.90. The molecule has 9 nitrogen and oxygen atoms in total. The number of likely N-dealkylation sites (N-methyl/N-ethyl adjacent to an activating group) is 1. The Balaban J connectivity index is 1.30. The van der Waals surface area contributed by atoms with E-state index >= 15 is 0 Å². The van der Waals surface area contributed by atoms with Gasteiger partial charge in [0.05, 0.1) is 28.3 Å². The molecule has 1 fully saturated rings. The third-order valence-corrected chi connectivity index (χ3v) is 9.50. The van der Waals surface area contributed by atoms with Crippen molar-refractivity contribution in [3.63, 3.8) is 0 Å². The van der Waals surface area contributed by atoms with Crippen molar-refractivity contribution in [2.75, 3.05) is 31.5 Å². The molecule has 0 N–H and O–H groups in total.